The van der Waals surface area contributed by atoms with Crippen LogP contribution in [-0.4, -0.2) is 34.8 Å². The second-order valence-corrected chi connectivity index (χ2v) is 10.3. The minimum Gasteiger partial charge on any atom is -0.486 e. The number of aliphatic hydroxyl groups is 1. The number of aliphatic hydroxyl groups excluding tert-OH is 1. The first-order valence-electron chi connectivity index (χ1n) is 13.6. The van der Waals surface area contributed by atoms with Crippen molar-refractivity contribution in [3.63, 3.8) is 0 Å². The van der Waals surface area contributed by atoms with Gasteiger partial charge in [-0.05, 0) is 71.5 Å². The normalized spacial score (nSPS) is 15.5. The van der Waals surface area contributed by atoms with Crippen molar-refractivity contribution in [3.8, 4) is 16.9 Å². The molecule has 218 valence electrons. The number of nitrogens with one attached hydrogen (secondary N) is 2. The number of carbonyl (C=O) groups excluding carboxylic acids is 2. The molecule has 0 aromatic heterocycles. The maximum Gasteiger partial charge on any atom is 0.416 e. The Bertz CT molecular complexity index is 1310. The summed E-state index contributed by atoms with van der Waals surface area (Å²) in [5, 5.41) is 20.6. The van der Waals surface area contributed by atoms with E-state index in [1.54, 1.807) is 24.3 Å². The number of hydrogen-bond donors (Lipinski definition) is 4. The number of alkyl halides is 3. The highest BCUT2D eigenvalue weighted by Gasteiger charge is 2.30. The van der Waals surface area contributed by atoms with E-state index in [9.17, 15) is 27.9 Å². The SMILES string of the molecule is O=C(NC[C@H](O)C(=O)NO)c1ccc(O[C@@H](CC2CCCCC2)c2cccc(-c3ccc(C(F)(F)F)cc3)c2)cc1. The molecule has 0 unspecified atom stereocenters. The first kappa shape index (κ1) is 30.1. The van der Waals surface area contributed by atoms with Gasteiger partial charge in [-0.15, -0.1) is 0 Å². The lowest BCUT2D eigenvalue weighted by Gasteiger charge is -2.28. The van der Waals surface area contributed by atoms with E-state index in [1.165, 1.54) is 36.9 Å². The van der Waals surface area contributed by atoms with E-state index in [2.05, 4.69) is 5.32 Å². The van der Waals surface area contributed by atoms with E-state index < -0.39 is 29.7 Å². The number of ether oxygens (including phenoxy) is 1. The molecule has 4 N–H and O–H groups in total. The first-order valence-corrected chi connectivity index (χ1v) is 13.6. The predicted molar refractivity (Wildman–Crippen MR) is 146 cm³/mol. The van der Waals surface area contributed by atoms with Crippen LogP contribution in [-0.2, 0) is 11.0 Å². The third-order valence-electron chi connectivity index (χ3n) is 7.34. The van der Waals surface area contributed by atoms with E-state index in [4.69, 9.17) is 9.94 Å². The molecule has 4 rings (SSSR count). The van der Waals surface area contributed by atoms with Crippen molar-refractivity contribution in [1.29, 1.82) is 0 Å². The van der Waals surface area contributed by atoms with Gasteiger partial charge in [-0.3, -0.25) is 14.8 Å². The molecule has 41 heavy (non-hydrogen) atoms. The van der Waals surface area contributed by atoms with Crippen LogP contribution < -0.4 is 15.5 Å². The van der Waals surface area contributed by atoms with E-state index in [0.29, 0.717) is 22.8 Å². The Balaban J connectivity index is 1.51. The van der Waals surface area contributed by atoms with Crippen molar-refractivity contribution in [3.05, 3.63) is 89.5 Å². The van der Waals surface area contributed by atoms with Crippen molar-refractivity contribution in [2.24, 2.45) is 5.92 Å². The molecule has 0 heterocycles. The summed E-state index contributed by atoms with van der Waals surface area (Å²) in [5.41, 5.74) is 3.29. The topological polar surface area (TPSA) is 108 Å². The minimum absolute atomic E-state index is 0.294. The summed E-state index contributed by atoms with van der Waals surface area (Å²) in [6.07, 6.45) is 0.260. The monoisotopic (exact) mass is 570 g/mol. The van der Waals surface area contributed by atoms with Crippen molar-refractivity contribution in [1.82, 2.24) is 10.8 Å². The van der Waals surface area contributed by atoms with Crippen LogP contribution in [0.3, 0.4) is 0 Å². The molecule has 0 saturated heterocycles. The third-order valence-corrected chi connectivity index (χ3v) is 7.34. The average molecular weight is 571 g/mol. The van der Waals surface area contributed by atoms with Gasteiger partial charge in [0.25, 0.3) is 11.8 Å². The summed E-state index contributed by atoms with van der Waals surface area (Å²) in [7, 11) is 0. The number of halogens is 3. The molecule has 3 aromatic carbocycles. The maximum atomic E-state index is 13.0. The number of benzene rings is 3. The lowest BCUT2D eigenvalue weighted by molar-refractivity contribution is -0.138. The lowest BCUT2D eigenvalue weighted by Crippen LogP contribution is -2.41. The van der Waals surface area contributed by atoms with Crippen molar-refractivity contribution in [2.45, 2.75) is 56.9 Å². The van der Waals surface area contributed by atoms with Gasteiger partial charge in [0.2, 0.25) is 0 Å². The Labute approximate surface area is 236 Å². The van der Waals surface area contributed by atoms with Crippen molar-refractivity contribution < 1.29 is 37.8 Å². The Morgan fingerprint density at radius 3 is 2.24 bits per heavy atom. The highest BCUT2D eigenvalue weighted by Crippen LogP contribution is 2.36. The zero-order valence-corrected chi connectivity index (χ0v) is 22.4. The Morgan fingerprint density at radius 2 is 1.61 bits per heavy atom. The quantitative estimate of drug-likeness (QED) is 0.175. The number of carbonyl (C=O) groups is 2. The van der Waals surface area contributed by atoms with Crippen LogP contribution in [0.1, 0.15) is 66.1 Å². The number of rotatable bonds is 10. The second-order valence-electron chi connectivity index (χ2n) is 10.3. The van der Waals surface area contributed by atoms with Crippen molar-refractivity contribution >= 4 is 11.8 Å². The highest BCUT2D eigenvalue weighted by molar-refractivity contribution is 5.94. The van der Waals surface area contributed by atoms with Crippen LogP contribution in [0.2, 0.25) is 0 Å². The Hall–Kier alpha value is -3.89. The van der Waals surface area contributed by atoms with Crippen LogP contribution in [0.5, 0.6) is 5.75 Å². The third kappa shape index (κ3) is 8.31. The maximum absolute atomic E-state index is 13.0. The molecule has 0 radical (unpaired) electrons. The van der Waals surface area contributed by atoms with Crippen molar-refractivity contribution in [2.75, 3.05) is 6.54 Å². The highest BCUT2D eigenvalue weighted by atomic mass is 19.4. The van der Waals surface area contributed by atoms with Crippen LogP contribution >= 0.6 is 0 Å². The molecule has 10 heteroatoms. The molecule has 2 amide bonds. The summed E-state index contributed by atoms with van der Waals surface area (Å²) in [4.78, 5) is 23.6. The molecule has 7 nitrogen and oxygen atoms in total. The van der Waals surface area contributed by atoms with Gasteiger partial charge in [0.15, 0.2) is 6.10 Å². The molecule has 2 atom stereocenters. The summed E-state index contributed by atoms with van der Waals surface area (Å²) in [5.74, 6) is -0.511. The van der Waals surface area contributed by atoms with Crippen LogP contribution in [0.4, 0.5) is 13.2 Å². The fourth-order valence-corrected chi connectivity index (χ4v) is 5.06. The molecule has 1 saturated carbocycles. The largest absolute Gasteiger partial charge is 0.486 e. The van der Waals surface area contributed by atoms with Gasteiger partial charge in [-0.1, -0.05) is 62.4 Å². The standard InChI is InChI=1S/C31H33F3N2O5/c32-31(33,34)25-13-9-21(10-14-25)23-7-4-8-24(18-23)28(17-20-5-2-1-3-6-20)41-26-15-11-22(12-16-26)29(38)35-19-27(37)30(39)36-40/h4,7-16,18,20,27-28,37,40H,1-3,5-6,17,19H2,(H,35,38)(H,36,39)/t27-,28-/m0/s1. The number of amides is 2. The molecule has 0 bridgehead atoms. The van der Waals surface area contributed by atoms with Gasteiger partial charge in [0, 0.05) is 5.56 Å². The molecule has 1 fully saturated rings. The number of hydrogen-bond acceptors (Lipinski definition) is 5. The first-order chi connectivity index (χ1) is 19.6. The van der Waals surface area contributed by atoms with E-state index in [0.717, 1.165) is 42.5 Å². The molecule has 1 aliphatic rings. The van der Waals surface area contributed by atoms with Crippen LogP contribution in [0.15, 0.2) is 72.8 Å². The summed E-state index contributed by atoms with van der Waals surface area (Å²) in [6.45, 7) is -0.373. The molecule has 0 spiro atoms. The van der Waals surface area contributed by atoms with Crippen LogP contribution in [0, 0.1) is 5.92 Å². The van der Waals surface area contributed by atoms with Gasteiger partial charge in [-0.2, -0.15) is 13.2 Å². The molecule has 0 aliphatic heterocycles. The molecule has 1 aliphatic carbocycles. The van der Waals surface area contributed by atoms with Crippen LogP contribution in [0.25, 0.3) is 11.1 Å². The van der Waals surface area contributed by atoms with Gasteiger partial charge >= 0.3 is 6.18 Å². The summed E-state index contributed by atoms with van der Waals surface area (Å²) >= 11 is 0. The fourth-order valence-electron chi connectivity index (χ4n) is 5.06. The van der Waals surface area contributed by atoms with Gasteiger partial charge in [0.1, 0.15) is 11.9 Å². The van der Waals surface area contributed by atoms with Gasteiger partial charge < -0.3 is 15.2 Å². The fraction of sp³-hybridized carbons (Fsp3) is 0.355. The summed E-state index contributed by atoms with van der Waals surface area (Å²) in [6, 6.07) is 19.2. The lowest BCUT2D eigenvalue weighted by atomic mass is 9.84. The zero-order chi connectivity index (χ0) is 29.4. The van der Waals surface area contributed by atoms with Gasteiger partial charge in [-0.25, -0.2) is 5.48 Å². The van der Waals surface area contributed by atoms with E-state index >= 15 is 0 Å². The molecule has 3 aromatic rings. The molecular formula is C31H33F3N2O5. The average Bonchev–Trinajstić information content (AvgIpc) is 2.99. The van der Waals surface area contributed by atoms with E-state index in [-0.39, 0.29) is 12.6 Å². The smallest absolute Gasteiger partial charge is 0.416 e. The summed E-state index contributed by atoms with van der Waals surface area (Å²) < 4.78 is 45.5. The minimum atomic E-state index is -4.40. The second kappa shape index (κ2) is 13.6. The Kier molecular flexibility index (Phi) is 10.0. The predicted octanol–water partition coefficient (Wildman–Crippen LogP) is 6.06. The van der Waals surface area contributed by atoms with E-state index in [1.807, 2.05) is 24.3 Å². The zero-order valence-electron chi connectivity index (χ0n) is 22.4. The molecular weight excluding hydrogens is 537 g/mol. The Morgan fingerprint density at radius 1 is 0.927 bits per heavy atom. The van der Waals surface area contributed by atoms with Gasteiger partial charge in [0.05, 0.1) is 12.1 Å². The number of hydroxylamine groups is 1.